The highest BCUT2D eigenvalue weighted by molar-refractivity contribution is 8.14. The molecule has 0 aromatic heterocycles. The van der Waals surface area contributed by atoms with Crippen LogP contribution in [-0.2, 0) is 6.42 Å². The number of rotatable bonds is 3. The summed E-state index contributed by atoms with van der Waals surface area (Å²) in [4.78, 5) is 4.77. The molecule has 4 heteroatoms. The van der Waals surface area contributed by atoms with Gasteiger partial charge in [0.2, 0.25) is 0 Å². The number of nitrogens with zero attached hydrogens (tertiary/aromatic N) is 1. The van der Waals surface area contributed by atoms with Crippen LogP contribution in [0.2, 0.25) is 5.02 Å². The fraction of sp³-hybridized carbons (Fsp3) is 0.235. The van der Waals surface area contributed by atoms with Crippen LogP contribution in [0, 0.1) is 6.92 Å². The molecule has 2 nitrogen and oxygen atoms in total. The summed E-state index contributed by atoms with van der Waals surface area (Å²) in [6, 6.07) is 16.8. The molecule has 0 spiro atoms. The van der Waals surface area contributed by atoms with Crippen LogP contribution in [0.25, 0.3) is 0 Å². The van der Waals surface area contributed by atoms with Crippen molar-refractivity contribution in [3.05, 3.63) is 64.7 Å². The van der Waals surface area contributed by atoms with Gasteiger partial charge in [-0.15, -0.1) is 0 Å². The summed E-state index contributed by atoms with van der Waals surface area (Å²) in [6.45, 7) is 2.02. The predicted octanol–water partition coefficient (Wildman–Crippen LogP) is 4.77. The molecule has 1 unspecified atom stereocenters. The normalized spacial score (nSPS) is 17.6. The van der Waals surface area contributed by atoms with Crippen LogP contribution in [0.1, 0.15) is 11.1 Å². The highest BCUT2D eigenvalue weighted by Gasteiger charge is 2.19. The van der Waals surface area contributed by atoms with Gasteiger partial charge in [0, 0.05) is 16.5 Å². The maximum Gasteiger partial charge on any atom is 0.161 e. The Balaban J connectivity index is 1.67. The second kappa shape index (κ2) is 6.54. The predicted molar refractivity (Wildman–Crippen MR) is 93.6 cm³/mol. The Morgan fingerprint density at radius 3 is 2.81 bits per heavy atom. The van der Waals surface area contributed by atoms with Gasteiger partial charge in [-0.05, 0) is 36.6 Å². The van der Waals surface area contributed by atoms with Crippen LogP contribution >= 0.6 is 23.4 Å². The van der Waals surface area contributed by atoms with E-state index in [0.29, 0.717) is 6.04 Å². The fourth-order valence-corrected chi connectivity index (χ4v) is 3.46. The van der Waals surface area contributed by atoms with Crippen molar-refractivity contribution >= 4 is 34.2 Å². The monoisotopic (exact) mass is 316 g/mol. The van der Waals surface area contributed by atoms with Crippen molar-refractivity contribution < 1.29 is 0 Å². The van der Waals surface area contributed by atoms with E-state index < -0.39 is 0 Å². The fourth-order valence-electron chi connectivity index (χ4n) is 2.33. The smallest absolute Gasteiger partial charge is 0.161 e. The van der Waals surface area contributed by atoms with Gasteiger partial charge >= 0.3 is 0 Å². The van der Waals surface area contributed by atoms with E-state index in [1.165, 1.54) is 5.56 Å². The zero-order valence-electron chi connectivity index (χ0n) is 11.8. The lowest BCUT2D eigenvalue weighted by molar-refractivity contribution is 0.762. The van der Waals surface area contributed by atoms with Gasteiger partial charge in [0.1, 0.15) is 0 Å². The van der Waals surface area contributed by atoms with Crippen molar-refractivity contribution in [1.82, 2.24) is 0 Å². The summed E-state index contributed by atoms with van der Waals surface area (Å²) in [5.41, 5.74) is 3.44. The molecule has 2 aromatic carbocycles. The van der Waals surface area contributed by atoms with E-state index in [9.17, 15) is 0 Å². The van der Waals surface area contributed by atoms with Gasteiger partial charge in [0.15, 0.2) is 5.17 Å². The molecule has 0 fully saturated rings. The number of thioether (sulfide) groups is 1. The minimum Gasteiger partial charge on any atom is -0.335 e. The van der Waals surface area contributed by atoms with E-state index in [2.05, 4.69) is 29.6 Å². The second-order valence-electron chi connectivity index (χ2n) is 5.13. The lowest BCUT2D eigenvalue weighted by Gasteiger charge is -2.09. The molecule has 108 valence electrons. The first-order chi connectivity index (χ1) is 10.2. The van der Waals surface area contributed by atoms with Crippen molar-refractivity contribution in [1.29, 1.82) is 0 Å². The lowest BCUT2D eigenvalue weighted by Crippen LogP contribution is -2.08. The van der Waals surface area contributed by atoms with Crippen LogP contribution in [0.3, 0.4) is 0 Å². The van der Waals surface area contributed by atoms with Crippen LogP contribution in [0.5, 0.6) is 0 Å². The summed E-state index contributed by atoms with van der Waals surface area (Å²) < 4.78 is 0. The van der Waals surface area contributed by atoms with Crippen LogP contribution in [0.4, 0.5) is 5.69 Å². The maximum atomic E-state index is 6.15. The van der Waals surface area contributed by atoms with Gasteiger partial charge in [0.25, 0.3) is 0 Å². The zero-order valence-corrected chi connectivity index (χ0v) is 13.4. The Kier molecular flexibility index (Phi) is 4.51. The molecule has 0 amide bonds. The van der Waals surface area contributed by atoms with Gasteiger partial charge in [-0.25, -0.2) is 0 Å². The summed E-state index contributed by atoms with van der Waals surface area (Å²) in [7, 11) is 0. The molecule has 0 saturated heterocycles. The largest absolute Gasteiger partial charge is 0.335 e. The molecule has 0 bridgehead atoms. The number of halogens is 1. The molecule has 1 heterocycles. The van der Waals surface area contributed by atoms with E-state index in [1.807, 2.05) is 31.2 Å². The number of hydrogen-bond donors (Lipinski definition) is 1. The maximum absolute atomic E-state index is 6.15. The molecule has 0 aliphatic carbocycles. The molecular weight excluding hydrogens is 300 g/mol. The van der Waals surface area contributed by atoms with Crippen LogP contribution in [-0.4, -0.2) is 17.0 Å². The van der Waals surface area contributed by atoms with Gasteiger partial charge in [0.05, 0.1) is 6.04 Å². The Labute approximate surface area is 134 Å². The first-order valence-corrected chi connectivity index (χ1v) is 8.35. The lowest BCUT2D eigenvalue weighted by atomic mass is 10.1. The van der Waals surface area contributed by atoms with Crippen LogP contribution in [0.15, 0.2) is 53.5 Å². The first kappa shape index (κ1) is 14.5. The highest BCUT2D eigenvalue weighted by atomic mass is 35.5. The molecular formula is C17H17ClN2S. The number of nitrogens with one attached hydrogen (secondary N) is 1. The topological polar surface area (TPSA) is 24.4 Å². The Hall–Kier alpha value is -1.45. The number of anilines is 1. The second-order valence-corrected chi connectivity index (χ2v) is 6.54. The Morgan fingerprint density at radius 2 is 2.00 bits per heavy atom. The van der Waals surface area contributed by atoms with E-state index >= 15 is 0 Å². The van der Waals surface area contributed by atoms with Crippen molar-refractivity contribution in [2.75, 3.05) is 11.1 Å². The number of hydrogen-bond acceptors (Lipinski definition) is 3. The van der Waals surface area contributed by atoms with E-state index in [0.717, 1.165) is 33.6 Å². The molecule has 1 aliphatic heterocycles. The van der Waals surface area contributed by atoms with Gasteiger partial charge in [-0.1, -0.05) is 59.8 Å². The van der Waals surface area contributed by atoms with Crippen molar-refractivity contribution in [2.24, 2.45) is 4.99 Å². The standard InChI is InChI=1S/C17H17ClN2S/c1-12-15(18)8-5-9-16(12)20-17-19-14(11-21-17)10-13-6-3-2-4-7-13/h2-9,14H,10-11H2,1H3,(H,19,20). The molecule has 1 aliphatic rings. The average molecular weight is 317 g/mol. The van der Waals surface area contributed by atoms with Crippen molar-refractivity contribution in [3.63, 3.8) is 0 Å². The minimum absolute atomic E-state index is 0.347. The average Bonchev–Trinajstić information content (AvgIpc) is 2.92. The minimum atomic E-state index is 0.347. The summed E-state index contributed by atoms with van der Waals surface area (Å²) in [5, 5.41) is 5.16. The SMILES string of the molecule is Cc1c(Cl)cccc1NC1=NC(Cc2ccccc2)CS1. The van der Waals surface area contributed by atoms with Gasteiger partial charge in [-0.3, -0.25) is 4.99 Å². The van der Waals surface area contributed by atoms with Crippen LogP contribution < -0.4 is 5.32 Å². The molecule has 3 rings (SSSR count). The first-order valence-electron chi connectivity index (χ1n) is 6.99. The number of aliphatic imine (C=N–C) groups is 1. The summed E-state index contributed by atoms with van der Waals surface area (Å²) in [5.74, 6) is 1.02. The third-order valence-electron chi connectivity index (χ3n) is 3.54. The van der Waals surface area contributed by atoms with E-state index in [-0.39, 0.29) is 0 Å². The number of amidine groups is 1. The molecule has 21 heavy (non-hydrogen) atoms. The van der Waals surface area contributed by atoms with Gasteiger partial charge in [-0.2, -0.15) is 0 Å². The molecule has 1 N–H and O–H groups in total. The van der Waals surface area contributed by atoms with Gasteiger partial charge < -0.3 is 5.32 Å². The number of benzene rings is 2. The third kappa shape index (κ3) is 3.60. The molecule has 0 saturated carbocycles. The van der Waals surface area contributed by atoms with Crippen molar-refractivity contribution in [3.8, 4) is 0 Å². The Morgan fingerprint density at radius 1 is 1.19 bits per heavy atom. The molecule has 0 radical (unpaired) electrons. The zero-order chi connectivity index (χ0) is 14.7. The highest BCUT2D eigenvalue weighted by Crippen LogP contribution is 2.27. The summed E-state index contributed by atoms with van der Waals surface area (Å²) >= 11 is 7.92. The quantitative estimate of drug-likeness (QED) is 0.881. The summed E-state index contributed by atoms with van der Waals surface area (Å²) in [6.07, 6.45) is 0.994. The van der Waals surface area contributed by atoms with Crippen molar-refractivity contribution in [2.45, 2.75) is 19.4 Å². The Bertz CT molecular complexity index is 655. The molecule has 1 atom stereocenters. The van der Waals surface area contributed by atoms with E-state index in [4.69, 9.17) is 16.6 Å². The van der Waals surface area contributed by atoms with E-state index in [1.54, 1.807) is 11.8 Å². The molecule has 2 aromatic rings. The third-order valence-corrected chi connectivity index (χ3v) is 4.98.